The minimum absolute atomic E-state index is 0.0457. The van der Waals surface area contributed by atoms with E-state index < -0.39 is 11.4 Å². The van der Waals surface area contributed by atoms with Gasteiger partial charge < -0.3 is 5.11 Å². The number of fused-ring (bicyclic) bond motifs is 2. The molecular formula is C16H14ClFN4O. The first kappa shape index (κ1) is 14.5. The number of aryl methyl sites for hydroxylation is 1. The maximum absolute atomic E-state index is 14.4. The van der Waals surface area contributed by atoms with Gasteiger partial charge in [0, 0.05) is 6.20 Å². The average molecular weight is 333 g/mol. The van der Waals surface area contributed by atoms with Gasteiger partial charge in [0.1, 0.15) is 11.4 Å². The van der Waals surface area contributed by atoms with Gasteiger partial charge >= 0.3 is 0 Å². The molecule has 1 aliphatic carbocycles. The lowest BCUT2D eigenvalue weighted by molar-refractivity contribution is 0.0553. The number of rotatable bonds is 1. The van der Waals surface area contributed by atoms with E-state index in [1.54, 1.807) is 18.4 Å². The predicted molar refractivity (Wildman–Crippen MR) is 84.3 cm³/mol. The van der Waals surface area contributed by atoms with Crippen LogP contribution in [0.25, 0.3) is 16.9 Å². The van der Waals surface area contributed by atoms with Gasteiger partial charge in [0.2, 0.25) is 5.28 Å². The Labute approximate surface area is 136 Å². The van der Waals surface area contributed by atoms with Crippen LogP contribution >= 0.6 is 11.6 Å². The highest BCUT2D eigenvalue weighted by Crippen LogP contribution is 2.36. The monoisotopic (exact) mass is 332 g/mol. The van der Waals surface area contributed by atoms with E-state index in [0.29, 0.717) is 34.7 Å². The molecule has 3 aromatic heterocycles. The van der Waals surface area contributed by atoms with Crippen LogP contribution in [0.1, 0.15) is 30.3 Å². The van der Waals surface area contributed by atoms with Crippen molar-refractivity contribution in [1.82, 2.24) is 19.5 Å². The number of hydrogen-bond acceptors (Lipinski definition) is 4. The average Bonchev–Trinajstić information content (AvgIpc) is 2.94. The molecule has 0 aromatic carbocycles. The Balaban J connectivity index is 2.01. The molecule has 1 aliphatic rings. The maximum Gasteiger partial charge on any atom is 0.224 e. The Bertz CT molecular complexity index is 951. The van der Waals surface area contributed by atoms with E-state index in [0.717, 1.165) is 12.0 Å². The van der Waals surface area contributed by atoms with Crippen molar-refractivity contribution in [1.29, 1.82) is 0 Å². The topological polar surface area (TPSA) is 63.8 Å². The highest BCUT2D eigenvalue weighted by molar-refractivity contribution is 6.28. The fourth-order valence-corrected chi connectivity index (χ4v) is 3.31. The van der Waals surface area contributed by atoms with E-state index in [1.807, 2.05) is 12.1 Å². The molecule has 0 spiro atoms. The van der Waals surface area contributed by atoms with Crippen LogP contribution in [0.3, 0.4) is 0 Å². The Hall–Kier alpha value is -2.05. The highest BCUT2D eigenvalue weighted by Gasteiger charge is 2.34. The van der Waals surface area contributed by atoms with Crippen LogP contribution in [0.15, 0.2) is 18.3 Å². The van der Waals surface area contributed by atoms with Crippen molar-refractivity contribution >= 4 is 22.6 Å². The molecule has 3 heterocycles. The van der Waals surface area contributed by atoms with E-state index in [2.05, 4.69) is 15.0 Å². The Kier molecular flexibility index (Phi) is 2.98. The van der Waals surface area contributed by atoms with Gasteiger partial charge in [0.15, 0.2) is 11.5 Å². The number of aliphatic hydroxyl groups is 1. The van der Waals surface area contributed by atoms with E-state index >= 15 is 0 Å². The molecule has 0 saturated heterocycles. The van der Waals surface area contributed by atoms with Gasteiger partial charge in [-0.05, 0) is 49.9 Å². The van der Waals surface area contributed by atoms with Gasteiger partial charge in [-0.15, -0.1) is 0 Å². The van der Waals surface area contributed by atoms with Gasteiger partial charge in [-0.2, -0.15) is 4.98 Å². The molecule has 7 heteroatoms. The van der Waals surface area contributed by atoms with Crippen LogP contribution < -0.4 is 0 Å². The molecule has 0 bridgehead atoms. The molecule has 4 rings (SSSR count). The van der Waals surface area contributed by atoms with Crippen molar-refractivity contribution in [2.24, 2.45) is 0 Å². The number of nitrogens with zero attached hydrogens (tertiary/aromatic N) is 4. The van der Waals surface area contributed by atoms with Crippen LogP contribution in [-0.4, -0.2) is 24.6 Å². The molecule has 0 saturated carbocycles. The smallest absolute Gasteiger partial charge is 0.224 e. The fraction of sp³-hybridized carbons (Fsp3) is 0.312. The van der Waals surface area contributed by atoms with E-state index in [-0.39, 0.29) is 5.28 Å². The second-order valence-electron chi connectivity index (χ2n) is 6.06. The normalized spacial score (nSPS) is 20.2. The standard InChI is InChI=1S/C16H14ClFN4O/c1-8-12(18)10-7-19-15(17)21-14(10)22(8)11-4-3-9-5-6-16(2,23)13(9)20-11/h3-4,7,23H,5-6H2,1-2H3/t16-/m1/s1. The summed E-state index contributed by atoms with van der Waals surface area (Å²) in [6.45, 7) is 3.40. The number of halogens is 2. The minimum atomic E-state index is -0.965. The highest BCUT2D eigenvalue weighted by atomic mass is 35.5. The van der Waals surface area contributed by atoms with E-state index in [9.17, 15) is 9.50 Å². The lowest BCUT2D eigenvalue weighted by Gasteiger charge is -2.17. The summed E-state index contributed by atoms with van der Waals surface area (Å²) in [7, 11) is 0. The Morgan fingerprint density at radius 1 is 1.35 bits per heavy atom. The maximum atomic E-state index is 14.4. The number of aromatic nitrogens is 4. The zero-order valence-electron chi connectivity index (χ0n) is 12.6. The van der Waals surface area contributed by atoms with Crippen molar-refractivity contribution in [2.45, 2.75) is 32.3 Å². The molecule has 1 N–H and O–H groups in total. The molecule has 0 radical (unpaired) electrons. The van der Waals surface area contributed by atoms with Gasteiger partial charge in [-0.3, -0.25) is 4.57 Å². The zero-order chi connectivity index (χ0) is 16.4. The van der Waals surface area contributed by atoms with Crippen LogP contribution in [0, 0.1) is 12.7 Å². The molecule has 0 unspecified atom stereocenters. The van der Waals surface area contributed by atoms with Crippen LogP contribution in [0.4, 0.5) is 4.39 Å². The lowest BCUT2D eigenvalue weighted by atomic mass is 10.0. The zero-order valence-corrected chi connectivity index (χ0v) is 13.4. The van der Waals surface area contributed by atoms with Crippen LogP contribution in [0.5, 0.6) is 0 Å². The Morgan fingerprint density at radius 3 is 2.91 bits per heavy atom. The third-order valence-corrected chi connectivity index (χ3v) is 4.61. The molecule has 0 aliphatic heterocycles. The van der Waals surface area contributed by atoms with Gasteiger partial charge in [-0.1, -0.05) is 6.07 Å². The molecule has 23 heavy (non-hydrogen) atoms. The minimum Gasteiger partial charge on any atom is -0.384 e. The third-order valence-electron chi connectivity index (χ3n) is 4.43. The summed E-state index contributed by atoms with van der Waals surface area (Å²) in [4.78, 5) is 12.5. The number of pyridine rings is 1. The summed E-state index contributed by atoms with van der Waals surface area (Å²) in [5.74, 6) is 0.109. The molecular weight excluding hydrogens is 319 g/mol. The first-order valence-electron chi connectivity index (χ1n) is 7.31. The summed E-state index contributed by atoms with van der Waals surface area (Å²) in [5.41, 5.74) is 1.43. The largest absolute Gasteiger partial charge is 0.384 e. The van der Waals surface area contributed by atoms with E-state index in [4.69, 9.17) is 11.6 Å². The summed E-state index contributed by atoms with van der Waals surface area (Å²) < 4.78 is 16.0. The van der Waals surface area contributed by atoms with Gasteiger partial charge in [-0.25, -0.2) is 14.4 Å². The summed E-state index contributed by atoms with van der Waals surface area (Å²) in [6, 6.07) is 3.73. The molecule has 0 amide bonds. The summed E-state index contributed by atoms with van der Waals surface area (Å²) in [5, 5.41) is 10.8. The third kappa shape index (κ3) is 2.05. The first-order valence-corrected chi connectivity index (χ1v) is 7.68. The lowest BCUT2D eigenvalue weighted by Crippen LogP contribution is -2.19. The van der Waals surface area contributed by atoms with Gasteiger partial charge in [0.25, 0.3) is 0 Å². The molecule has 1 atom stereocenters. The van der Waals surface area contributed by atoms with Crippen LogP contribution in [-0.2, 0) is 12.0 Å². The fourth-order valence-electron chi connectivity index (χ4n) is 3.18. The summed E-state index contributed by atoms with van der Waals surface area (Å²) in [6.07, 6.45) is 2.78. The molecule has 118 valence electrons. The SMILES string of the molecule is Cc1c(F)c2cnc(Cl)nc2n1-c1ccc2c(n1)[C@](C)(O)CC2. The van der Waals surface area contributed by atoms with Crippen molar-refractivity contribution in [2.75, 3.05) is 0 Å². The molecule has 5 nitrogen and oxygen atoms in total. The van der Waals surface area contributed by atoms with E-state index in [1.165, 1.54) is 6.20 Å². The molecule has 0 fully saturated rings. The van der Waals surface area contributed by atoms with Crippen molar-refractivity contribution < 1.29 is 9.50 Å². The van der Waals surface area contributed by atoms with Crippen molar-refractivity contribution in [3.05, 3.63) is 46.4 Å². The van der Waals surface area contributed by atoms with Crippen LogP contribution in [0.2, 0.25) is 5.28 Å². The van der Waals surface area contributed by atoms with Gasteiger partial charge in [0.05, 0.1) is 16.8 Å². The second-order valence-corrected chi connectivity index (χ2v) is 6.40. The molecule has 3 aromatic rings. The Morgan fingerprint density at radius 2 is 2.13 bits per heavy atom. The predicted octanol–water partition coefficient (Wildman–Crippen LogP) is 3.07. The number of hydrogen-bond donors (Lipinski definition) is 1. The van der Waals surface area contributed by atoms with Crippen molar-refractivity contribution in [3.8, 4) is 5.82 Å². The summed E-state index contributed by atoms with van der Waals surface area (Å²) >= 11 is 5.86. The quantitative estimate of drug-likeness (QED) is 0.696. The van der Waals surface area contributed by atoms with Crippen molar-refractivity contribution in [3.63, 3.8) is 0 Å². The first-order chi connectivity index (χ1) is 10.9. The second kappa shape index (κ2) is 4.72.